The lowest BCUT2D eigenvalue weighted by atomic mass is 10.2. The van der Waals surface area contributed by atoms with E-state index in [4.69, 9.17) is 4.52 Å². The van der Waals surface area contributed by atoms with Crippen molar-refractivity contribution >= 4 is 35.0 Å². The van der Waals surface area contributed by atoms with Crippen LogP contribution in [0.5, 0.6) is 0 Å². The van der Waals surface area contributed by atoms with Crippen LogP contribution in [0.25, 0.3) is 0 Å². The summed E-state index contributed by atoms with van der Waals surface area (Å²) in [5.74, 6) is 1.27. The fourth-order valence-corrected chi connectivity index (χ4v) is 3.60. The normalized spacial score (nSPS) is 13.1. The standard InChI is InChI=1S/C21H20N4O3S/c1-13-11-17(25-28-13)12-29-21-18(3-2-10-22-21)20(27)24-16-8-6-15(7-9-16)23-19(26)14-4-5-14/h2-3,6-11,14H,4-5,12H2,1H3,(H,23,26)(H,24,27). The molecule has 4 rings (SSSR count). The van der Waals surface area contributed by atoms with Gasteiger partial charge in [-0.3, -0.25) is 9.59 Å². The third kappa shape index (κ3) is 5.03. The Bertz CT molecular complexity index is 1030. The van der Waals surface area contributed by atoms with Gasteiger partial charge < -0.3 is 15.2 Å². The molecule has 2 amide bonds. The molecule has 29 heavy (non-hydrogen) atoms. The number of amides is 2. The molecule has 8 heteroatoms. The van der Waals surface area contributed by atoms with Crippen molar-refractivity contribution in [2.45, 2.75) is 30.5 Å². The van der Waals surface area contributed by atoms with Crippen LogP contribution in [0.15, 0.2) is 58.2 Å². The fourth-order valence-electron chi connectivity index (χ4n) is 2.73. The van der Waals surface area contributed by atoms with E-state index in [-0.39, 0.29) is 17.7 Å². The Morgan fingerprint density at radius 3 is 2.52 bits per heavy atom. The second-order valence-electron chi connectivity index (χ2n) is 6.87. The monoisotopic (exact) mass is 408 g/mol. The fraction of sp³-hybridized carbons (Fsp3) is 0.238. The second kappa shape index (κ2) is 8.48. The molecule has 0 aliphatic heterocycles. The van der Waals surface area contributed by atoms with Gasteiger partial charge in [0, 0.05) is 35.3 Å². The highest BCUT2D eigenvalue weighted by Gasteiger charge is 2.29. The van der Waals surface area contributed by atoms with Crippen molar-refractivity contribution in [2.24, 2.45) is 5.92 Å². The van der Waals surface area contributed by atoms with Gasteiger partial charge in [0.15, 0.2) is 0 Å². The number of carbonyl (C=O) groups is 2. The minimum atomic E-state index is -0.244. The number of aromatic nitrogens is 2. The molecule has 0 bridgehead atoms. The van der Waals surface area contributed by atoms with Gasteiger partial charge in [0.25, 0.3) is 5.91 Å². The zero-order valence-corrected chi connectivity index (χ0v) is 16.7. The minimum Gasteiger partial charge on any atom is -0.361 e. The van der Waals surface area contributed by atoms with Crippen LogP contribution in [0.3, 0.4) is 0 Å². The quantitative estimate of drug-likeness (QED) is 0.567. The Kier molecular flexibility index (Phi) is 5.62. The van der Waals surface area contributed by atoms with Gasteiger partial charge in [0.1, 0.15) is 10.8 Å². The number of carbonyl (C=O) groups excluding carboxylic acids is 2. The van der Waals surface area contributed by atoms with E-state index in [2.05, 4.69) is 20.8 Å². The first-order valence-electron chi connectivity index (χ1n) is 9.31. The predicted octanol–water partition coefficient (Wildman–Crippen LogP) is 4.27. The largest absolute Gasteiger partial charge is 0.361 e. The lowest BCUT2D eigenvalue weighted by Gasteiger charge is -2.10. The first-order chi connectivity index (χ1) is 14.1. The Labute approximate surface area is 172 Å². The van der Waals surface area contributed by atoms with Gasteiger partial charge in [0.2, 0.25) is 5.91 Å². The van der Waals surface area contributed by atoms with Crippen LogP contribution in [0, 0.1) is 12.8 Å². The van der Waals surface area contributed by atoms with Gasteiger partial charge in [-0.05, 0) is 56.2 Å². The van der Waals surface area contributed by atoms with Crippen molar-refractivity contribution in [1.29, 1.82) is 0 Å². The van der Waals surface area contributed by atoms with Gasteiger partial charge in [-0.2, -0.15) is 0 Å². The van der Waals surface area contributed by atoms with E-state index < -0.39 is 0 Å². The Morgan fingerprint density at radius 2 is 1.86 bits per heavy atom. The van der Waals surface area contributed by atoms with Crippen LogP contribution in [0.2, 0.25) is 0 Å². The Balaban J connectivity index is 1.39. The summed E-state index contributed by atoms with van der Waals surface area (Å²) in [6, 6.07) is 12.4. The lowest BCUT2D eigenvalue weighted by molar-refractivity contribution is -0.117. The van der Waals surface area contributed by atoms with Crippen molar-refractivity contribution in [3.8, 4) is 0 Å². The van der Waals surface area contributed by atoms with Gasteiger partial charge in [-0.1, -0.05) is 16.9 Å². The molecule has 1 fully saturated rings. The van der Waals surface area contributed by atoms with Crippen molar-refractivity contribution < 1.29 is 14.1 Å². The molecule has 1 aliphatic carbocycles. The zero-order chi connectivity index (χ0) is 20.2. The van der Waals surface area contributed by atoms with Crippen LogP contribution >= 0.6 is 11.8 Å². The van der Waals surface area contributed by atoms with Crippen LogP contribution < -0.4 is 10.6 Å². The number of hydrogen-bond acceptors (Lipinski definition) is 6. The smallest absolute Gasteiger partial charge is 0.258 e. The number of aryl methyl sites for hydroxylation is 1. The first-order valence-corrected chi connectivity index (χ1v) is 10.3. The van der Waals surface area contributed by atoms with Crippen molar-refractivity contribution in [3.05, 3.63) is 65.7 Å². The molecule has 3 aromatic rings. The van der Waals surface area contributed by atoms with Gasteiger partial charge in [-0.25, -0.2) is 4.98 Å². The number of nitrogens with zero attached hydrogens (tertiary/aromatic N) is 2. The van der Waals surface area contributed by atoms with Crippen LogP contribution in [0.4, 0.5) is 11.4 Å². The van der Waals surface area contributed by atoms with Gasteiger partial charge >= 0.3 is 0 Å². The average Bonchev–Trinajstić information content (AvgIpc) is 3.50. The second-order valence-corrected chi connectivity index (χ2v) is 7.83. The van der Waals surface area contributed by atoms with Crippen molar-refractivity contribution in [3.63, 3.8) is 0 Å². The number of pyridine rings is 1. The van der Waals surface area contributed by atoms with Crippen molar-refractivity contribution in [2.75, 3.05) is 10.6 Å². The highest BCUT2D eigenvalue weighted by Crippen LogP contribution is 2.30. The third-order valence-corrected chi connectivity index (χ3v) is 5.45. The van der Waals surface area contributed by atoms with Crippen LogP contribution in [-0.4, -0.2) is 22.0 Å². The molecule has 7 nitrogen and oxygen atoms in total. The van der Waals surface area contributed by atoms with E-state index in [9.17, 15) is 9.59 Å². The van der Waals surface area contributed by atoms with Crippen LogP contribution in [0.1, 0.15) is 34.7 Å². The summed E-state index contributed by atoms with van der Waals surface area (Å²) in [4.78, 5) is 28.9. The highest BCUT2D eigenvalue weighted by atomic mass is 32.2. The molecule has 0 unspecified atom stereocenters. The van der Waals surface area contributed by atoms with Gasteiger partial charge in [0.05, 0.1) is 11.3 Å². The summed E-state index contributed by atoms with van der Waals surface area (Å²) >= 11 is 1.43. The minimum absolute atomic E-state index is 0.0566. The first kappa shape index (κ1) is 19.2. The van der Waals surface area contributed by atoms with Gasteiger partial charge in [-0.15, -0.1) is 0 Å². The maximum absolute atomic E-state index is 12.7. The molecule has 0 saturated heterocycles. The number of hydrogen-bond donors (Lipinski definition) is 2. The van der Waals surface area contributed by atoms with Crippen molar-refractivity contribution in [1.82, 2.24) is 10.1 Å². The zero-order valence-electron chi connectivity index (χ0n) is 15.8. The highest BCUT2D eigenvalue weighted by molar-refractivity contribution is 7.98. The molecular weight excluding hydrogens is 388 g/mol. The van der Waals surface area contributed by atoms with E-state index in [0.29, 0.717) is 22.0 Å². The maximum Gasteiger partial charge on any atom is 0.258 e. The molecule has 148 valence electrons. The maximum atomic E-state index is 12.7. The molecule has 1 saturated carbocycles. The molecule has 1 aliphatic rings. The molecule has 2 N–H and O–H groups in total. The SMILES string of the molecule is Cc1cc(CSc2ncccc2C(=O)Nc2ccc(NC(=O)C3CC3)cc2)no1. The summed E-state index contributed by atoms with van der Waals surface area (Å²) in [7, 11) is 0. The number of benzene rings is 1. The molecule has 2 heterocycles. The molecule has 0 radical (unpaired) electrons. The lowest BCUT2D eigenvalue weighted by Crippen LogP contribution is -2.14. The summed E-state index contributed by atoms with van der Waals surface area (Å²) in [6.45, 7) is 1.84. The van der Waals surface area contributed by atoms with E-state index in [1.54, 1.807) is 42.6 Å². The third-order valence-electron chi connectivity index (χ3n) is 4.41. The molecule has 0 spiro atoms. The topological polar surface area (TPSA) is 97.1 Å². The number of anilines is 2. The average molecular weight is 408 g/mol. The van der Waals surface area contributed by atoms with E-state index >= 15 is 0 Å². The molecule has 1 aromatic carbocycles. The Morgan fingerprint density at radius 1 is 1.14 bits per heavy atom. The summed E-state index contributed by atoms with van der Waals surface area (Å²) < 4.78 is 5.07. The van der Waals surface area contributed by atoms with Crippen LogP contribution in [-0.2, 0) is 10.5 Å². The summed E-state index contributed by atoms with van der Waals surface area (Å²) in [5.41, 5.74) is 2.66. The van der Waals surface area contributed by atoms with E-state index in [1.807, 2.05) is 13.0 Å². The van der Waals surface area contributed by atoms with E-state index in [0.717, 1.165) is 30.0 Å². The summed E-state index contributed by atoms with van der Waals surface area (Å²) in [6.07, 6.45) is 3.58. The number of rotatable bonds is 7. The molecule has 0 atom stereocenters. The number of thioether (sulfide) groups is 1. The molecular formula is C21H20N4O3S. The van der Waals surface area contributed by atoms with E-state index in [1.165, 1.54) is 11.8 Å². The molecule has 2 aromatic heterocycles. The number of nitrogens with one attached hydrogen (secondary N) is 2. The predicted molar refractivity (Wildman–Crippen MR) is 111 cm³/mol. The Hall–Kier alpha value is -3.13. The summed E-state index contributed by atoms with van der Waals surface area (Å²) in [5, 5.41) is 10.3.